The summed E-state index contributed by atoms with van der Waals surface area (Å²) in [6.45, 7) is 9.43. The van der Waals surface area contributed by atoms with Crippen LogP contribution in [-0.4, -0.2) is 43.8 Å². The van der Waals surface area contributed by atoms with Gasteiger partial charge in [0.1, 0.15) is 0 Å². The number of piperidine rings is 1. The average Bonchev–Trinajstić information content (AvgIpc) is 2.27. The van der Waals surface area contributed by atoms with E-state index in [1.807, 2.05) is 0 Å². The molecule has 0 amide bonds. The molecular weight excluding hydrogens is 188 g/mol. The monoisotopic (exact) mass is 214 g/mol. The lowest BCUT2D eigenvalue weighted by molar-refractivity contribution is 0.00200. The number of likely N-dealkylation sites (tertiary alicyclic amines) is 1. The van der Waals surface area contributed by atoms with E-state index in [1.165, 1.54) is 25.8 Å². The molecule has 1 aliphatic rings. The molecule has 1 aliphatic heterocycles. The zero-order valence-electron chi connectivity index (χ0n) is 10.2. The van der Waals surface area contributed by atoms with E-state index in [9.17, 15) is 0 Å². The van der Waals surface area contributed by atoms with Crippen LogP contribution in [0.1, 0.15) is 33.1 Å². The Labute approximate surface area is 94.0 Å². The highest BCUT2D eigenvalue weighted by Gasteiger charge is 2.21. The molecule has 0 aromatic carbocycles. The highest BCUT2D eigenvalue weighted by atomic mass is 16.5. The van der Waals surface area contributed by atoms with Gasteiger partial charge in [0, 0.05) is 19.7 Å². The molecule has 1 rings (SSSR count). The van der Waals surface area contributed by atoms with Gasteiger partial charge >= 0.3 is 0 Å². The first-order valence-electron chi connectivity index (χ1n) is 6.34. The van der Waals surface area contributed by atoms with Crippen molar-refractivity contribution < 1.29 is 4.74 Å². The molecule has 1 heterocycles. The standard InChI is InChI=1S/C12H26N2O/c1-3-11(8-13)9-14-7-5-6-12(10-14)15-4-2/h11-12H,3-10,13H2,1-2H3. The maximum absolute atomic E-state index is 5.74. The first kappa shape index (κ1) is 12.9. The molecule has 0 spiro atoms. The Kier molecular flexibility index (Phi) is 6.22. The molecule has 0 radical (unpaired) electrons. The fourth-order valence-corrected chi connectivity index (χ4v) is 2.29. The van der Waals surface area contributed by atoms with Gasteiger partial charge in [-0.05, 0) is 38.8 Å². The van der Waals surface area contributed by atoms with Crippen LogP contribution in [0.3, 0.4) is 0 Å². The van der Waals surface area contributed by atoms with E-state index in [0.717, 1.165) is 26.2 Å². The molecule has 3 heteroatoms. The molecular formula is C12H26N2O. The van der Waals surface area contributed by atoms with Crippen molar-refractivity contribution in [3.05, 3.63) is 0 Å². The molecule has 2 N–H and O–H groups in total. The summed E-state index contributed by atoms with van der Waals surface area (Å²) >= 11 is 0. The first-order chi connectivity index (χ1) is 7.30. The Morgan fingerprint density at radius 2 is 2.27 bits per heavy atom. The van der Waals surface area contributed by atoms with Crippen LogP contribution in [0.25, 0.3) is 0 Å². The zero-order valence-corrected chi connectivity index (χ0v) is 10.2. The van der Waals surface area contributed by atoms with E-state index in [2.05, 4.69) is 18.7 Å². The summed E-state index contributed by atoms with van der Waals surface area (Å²) in [4.78, 5) is 2.52. The molecule has 0 saturated carbocycles. The third kappa shape index (κ3) is 4.49. The predicted molar refractivity (Wildman–Crippen MR) is 63.9 cm³/mol. The molecule has 90 valence electrons. The second-order valence-corrected chi connectivity index (χ2v) is 4.49. The second kappa shape index (κ2) is 7.20. The van der Waals surface area contributed by atoms with Crippen LogP contribution in [-0.2, 0) is 4.74 Å². The number of ether oxygens (including phenoxy) is 1. The summed E-state index contributed by atoms with van der Waals surface area (Å²) in [5, 5.41) is 0. The third-order valence-electron chi connectivity index (χ3n) is 3.29. The maximum atomic E-state index is 5.74. The van der Waals surface area contributed by atoms with Gasteiger partial charge < -0.3 is 15.4 Å². The Hall–Kier alpha value is -0.120. The van der Waals surface area contributed by atoms with Crippen molar-refractivity contribution in [3.63, 3.8) is 0 Å². The number of nitrogens with zero attached hydrogens (tertiary/aromatic N) is 1. The molecule has 2 atom stereocenters. The fraction of sp³-hybridized carbons (Fsp3) is 1.00. The van der Waals surface area contributed by atoms with E-state index in [4.69, 9.17) is 10.5 Å². The first-order valence-corrected chi connectivity index (χ1v) is 6.34. The highest BCUT2D eigenvalue weighted by molar-refractivity contribution is 4.75. The van der Waals surface area contributed by atoms with Crippen LogP contribution < -0.4 is 5.73 Å². The maximum Gasteiger partial charge on any atom is 0.0702 e. The predicted octanol–water partition coefficient (Wildman–Crippen LogP) is 1.47. The molecule has 0 aromatic rings. The molecule has 0 bridgehead atoms. The lowest BCUT2D eigenvalue weighted by Gasteiger charge is -2.34. The largest absolute Gasteiger partial charge is 0.377 e. The summed E-state index contributed by atoms with van der Waals surface area (Å²) in [7, 11) is 0. The lowest BCUT2D eigenvalue weighted by Crippen LogP contribution is -2.43. The van der Waals surface area contributed by atoms with Crippen molar-refractivity contribution >= 4 is 0 Å². The van der Waals surface area contributed by atoms with Gasteiger partial charge in [0.15, 0.2) is 0 Å². The van der Waals surface area contributed by atoms with E-state index in [-0.39, 0.29) is 0 Å². The van der Waals surface area contributed by atoms with E-state index in [1.54, 1.807) is 0 Å². The number of nitrogens with two attached hydrogens (primary N) is 1. The van der Waals surface area contributed by atoms with E-state index >= 15 is 0 Å². The zero-order chi connectivity index (χ0) is 11.1. The number of hydrogen-bond acceptors (Lipinski definition) is 3. The summed E-state index contributed by atoms with van der Waals surface area (Å²) in [6.07, 6.45) is 4.14. The van der Waals surface area contributed by atoms with Crippen LogP contribution in [0, 0.1) is 5.92 Å². The van der Waals surface area contributed by atoms with Gasteiger partial charge in [0.05, 0.1) is 6.10 Å². The molecule has 3 nitrogen and oxygen atoms in total. The van der Waals surface area contributed by atoms with E-state index < -0.39 is 0 Å². The SMILES string of the molecule is CCOC1CCCN(CC(CC)CN)C1. The van der Waals surface area contributed by atoms with Gasteiger partial charge in [0.2, 0.25) is 0 Å². The minimum Gasteiger partial charge on any atom is -0.377 e. The molecule has 0 aliphatic carbocycles. The summed E-state index contributed by atoms with van der Waals surface area (Å²) in [5.74, 6) is 0.658. The molecule has 1 fully saturated rings. The molecule has 15 heavy (non-hydrogen) atoms. The summed E-state index contributed by atoms with van der Waals surface area (Å²) < 4.78 is 5.69. The normalized spacial score (nSPS) is 25.4. The number of hydrogen-bond donors (Lipinski definition) is 1. The summed E-state index contributed by atoms with van der Waals surface area (Å²) in [6, 6.07) is 0. The van der Waals surface area contributed by atoms with Gasteiger partial charge in [-0.25, -0.2) is 0 Å². The fourth-order valence-electron chi connectivity index (χ4n) is 2.29. The van der Waals surface area contributed by atoms with Gasteiger partial charge in [-0.3, -0.25) is 0 Å². The molecule has 0 aromatic heterocycles. The van der Waals surface area contributed by atoms with Crippen molar-refractivity contribution in [2.24, 2.45) is 11.7 Å². The van der Waals surface area contributed by atoms with Crippen LogP contribution >= 0.6 is 0 Å². The Bertz CT molecular complexity index is 158. The molecule has 1 saturated heterocycles. The van der Waals surface area contributed by atoms with Crippen molar-refractivity contribution in [2.75, 3.05) is 32.8 Å². The van der Waals surface area contributed by atoms with Gasteiger partial charge in [0.25, 0.3) is 0 Å². The number of rotatable bonds is 6. The van der Waals surface area contributed by atoms with Crippen LogP contribution in [0.15, 0.2) is 0 Å². The second-order valence-electron chi connectivity index (χ2n) is 4.49. The minimum absolute atomic E-state index is 0.457. The lowest BCUT2D eigenvalue weighted by atomic mass is 10.0. The van der Waals surface area contributed by atoms with Crippen LogP contribution in [0.2, 0.25) is 0 Å². The minimum atomic E-state index is 0.457. The van der Waals surface area contributed by atoms with Crippen molar-refractivity contribution in [2.45, 2.75) is 39.2 Å². The third-order valence-corrected chi connectivity index (χ3v) is 3.29. The smallest absolute Gasteiger partial charge is 0.0702 e. The van der Waals surface area contributed by atoms with Crippen molar-refractivity contribution in [1.29, 1.82) is 0 Å². The highest BCUT2D eigenvalue weighted by Crippen LogP contribution is 2.15. The van der Waals surface area contributed by atoms with Crippen molar-refractivity contribution in [3.8, 4) is 0 Å². The van der Waals surface area contributed by atoms with E-state index in [0.29, 0.717) is 12.0 Å². The van der Waals surface area contributed by atoms with Gasteiger partial charge in [-0.15, -0.1) is 0 Å². The Balaban J connectivity index is 2.28. The van der Waals surface area contributed by atoms with Crippen LogP contribution in [0.5, 0.6) is 0 Å². The summed E-state index contributed by atoms with van der Waals surface area (Å²) in [5.41, 5.74) is 5.74. The average molecular weight is 214 g/mol. The van der Waals surface area contributed by atoms with Gasteiger partial charge in [-0.2, -0.15) is 0 Å². The topological polar surface area (TPSA) is 38.5 Å². The quantitative estimate of drug-likeness (QED) is 0.728. The van der Waals surface area contributed by atoms with Gasteiger partial charge in [-0.1, -0.05) is 13.3 Å². The Morgan fingerprint density at radius 3 is 2.87 bits per heavy atom. The molecule has 2 unspecified atom stereocenters. The van der Waals surface area contributed by atoms with Crippen LogP contribution in [0.4, 0.5) is 0 Å². The Morgan fingerprint density at radius 1 is 1.47 bits per heavy atom. The van der Waals surface area contributed by atoms with Crippen molar-refractivity contribution in [1.82, 2.24) is 4.90 Å².